The quantitative estimate of drug-likeness (QED) is 0.432. The fourth-order valence-corrected chi connectivity index (χ4v) is 2.53. The molecule has 0 unspecified atom stereocenters. The van der Waals surface area contributed by atoms with E-state index in [0.29, 0.717) is 5.75 Å². The summed E-state index contributed by atoms with van der Waals surface area (Å²) in [5.41, 5.74) is 0.656. The highest BCUT2D eigenvalue weighted by Gasteiger charge is 2.22. The van der Waals surface area contributed by atoms with E-state index in [1.54, 1.807) is 37.3 Å². The first-order valence-electron chi connectivity index (χ1n) is 9.04. The molecule has 0 aliphatic carbocycles. The number of hydrogen-bond donors (Lipinski definition) is 1. The normalized spacial score (nSPS) is 11.0. The second-order valence-corrected chi connectivity index (χ2v) is 6.02. The van der Waals surface area contributed by atoms with E-state index in [9.17, 15) is 13.6 Å². The Morgan fingerprint density at radius 1 is 1.03 bits per heavy atom. The number of benzene rings is 2. The molecule has 3 aromatic rings. The molecule has 0 saturated carbocycles. The van der Waals surface area contributed by atoms with Gasteiger partial charge in [0.1, 0.15) is 17.8 Å². The maximum atomic E-state index is 15.0. The number of ether oxygens (including phenoxy) is 2. The molecular formula is C21H18F2N4O4. The number of amides is 1. The van der Waals surface area contributed by atoms with Crippen molar-refractivity contribution < 1.29 is 27.9 Å². The Morgan fingerprint density at radius 2 is 1.65 bits per heavy atom. The predicted octanol–water partition coefficient (Wildman–Crippen LogP) is 3.90. The Kier molecular flexibility index (Phi) is 7.05. The lowest BCUT2D eigenvalue weighted by Crippen LogP contribution is -2.29. The van der Waals surface area contributed by atoms with Gasteiger partial charge in [-0.15, -0.1) is 0 Å². The summed E-state index contributed by atoms with van der Waals surface area (Å²) in [6.07, 6.45) is 1.08. The van der Waals surface area contributed by atoms with E-state index >= 15 is 0 Å². The van der Waals surface area contributed by atoms with Crippen LogP contribution in [0.15, 0.2) is 60.0 Å². The molecule has 1 amide bonds. The van der Waals surface area contributed by atoms with E-state index in [2.05, 4.69) is 25.3 Å². The third-order valence-corrected chi connectivity index (χ3v) is 4.02. The number of halogens is 2. The lowest BCUT2D eigenvalue weighted by Gasteiger charge is -2.13. The van der Waals surface area contributed by atoms with Gasteiger partial charge in [0.05, 0.1) is 5.56 Å². The number of aromatic nitrogens is 2. The number of alkyl halides is 1. The van der Waals surface area contributed by atoms with Gasteiger partial charge in [0, 0.05) is 7.05 Å². The van der Waals surface area contributed by atoms with E-state index in [1.165, 1.54) is 19.2 Å². The largest absolute Gasteiger partial charge is 0.436 e. The average molecular weight is 428 g/mol. The molecule has 1 heterocycles. The minimum Gasteiger partial charge on any atom is -0.436 e. The van der Waals surface area contributed by atoms with E-state index in [-0.39, 0.29) is 22.9 Å². The summed E-state index contributed by atoms with van der Waals surface area (Å²) >= 11 is 0. The van der Waals surface area contributed by atoms with Crippen molar-refractivity contribution >= 4 is 11.6 Å². The molecule has 10 heteroatoms. The summed E-state index contributed by atoms with van der Waals surface area (Å²) in [4.78, 5) is 24.2. The molecule has 1 N–H and O–H groups in total. The Labute approximate surface area is 176 Å². The molecule has 0 atom stereocenters. The van der Waals surface area contributed by atoms with Crippen LogP contribution >= 0.6 is 0 Å². The summed E-state index contributed by atoms with van der Waals surface area (Å²) in [6.45, 7) is 0.574. The van der Waals surface area contributed by atoms with E-state index in [4.69, 9.17) is 9.47 Å². The zero-order chi connectivity index (χ0) is 22.2. The Balaban J connectivity index is 1.95. The zero-order valence-corrected chi connectivity index (χ0v) is 16.6. The monoisotopic (exact) mass is 428 g/mol. The van der Waals surface area contributed by atoms with Crippen LogP contribution in [-0.2, 0) is 9.63 Å². The van der Waals surface area contributed by atoms with Gasteiger partial charge >= 0.3 is 0 Å². The molecule has 0 radical (unpaired) electrons. The molecule has 0 aliphatic rings. The summed E-state index contributed by atoms with van der Waals surface area (Å²) in [7, 11) is 1.37. The number of nitrogens with zero attached hydrogens (tertiary/aromatic N) is 3. The molecule has 0 saturated heterocycles. The van der Waals surface area contributed by atoms with Gasteiger partial charge in [0.2, 0.25) is 5.82 Å². The van der Waals surface area contributed by atoms with Crippen molar-refractivity contribution in [1.82, 2.24) is 15.3 Å². The number of hydrogen-bond acceptors (Lipinski definition) is 7. The van der Waals surface area contributed by atoms with Gasteiger partial charge in [-0.3, -0.25) is 4.79 Å². The van der Waals surface area contributed by atoms with Gasteiger partial charge in [0.15, 0.2) is 5.71 Å². The summed E-state index contributed by atoms with van der Waals surface area (Å²) in [5, 5.41) is 5.86. The summed E-state index contributed by atoms with van der Waals surface area (Å²) in [5.74, 6) is -1.92. The first kappa shape index (κ1) is 21.6. The molecular weight excluding hydrogens is 410 g/mol. The van der Waals surface area contributed by atoms with E-state index in [1.807, 2.05) is 6.07 Å². The van der Waals surface area contributed by atoms with Gasteiger partial charge in [-0.05, 0) is 30.7 Å². The van der Waals surface area contributed by atoms with Crippen LogP contribution in [0.2, 0.25) is 0 Å². The second kappa shape index (κ2) is 10.1. The number of rotatable bonds is 8. The highest BCUT2D eigenvalue weighted by molar-refractivity contribution is 6.45. The number of carbonyl (C=O) groups is 1. The topological polar surface area (TPSA) is 94.9 Å². The average Bonchev–Trinajstić information content (AvgIpc) is 2.79. The van der Waals surface area contributed by atoms with Gasteiger partial charge in [-0.25, -0.2) is 4.39 Å². The second-order valence-electron chi connectivity index (χ2n) is 6.02. The number of aryl methyl sites for hydroxylation is 1. The van der Waals surface area contributed by atoms with Crippen LogP contribution < -0.4 is 14.8 Å². The fraction of sp³-hybridized carbons (Fsp3) is 0.143. The molecule has 0 aliphatic heterocycles. The van der Waals surface area contributed by atoms with Crippen molar-refractivity contribution in [2.24, 2.45) is 5.16 Å². The number of nitrogens with one attached hydrogen (secondary N) is 1. The first-order valence-corrected chi connectivity index (χ1v) is 9.04. The van der Waals surface area contributed by atoms with Crippen molar-refractivity contribution in [1.29, 1.82) is 0 Å². The molecule has 3 rings (SSSR count). The highest BCUT2D eigenvalue weighted by atomic mass is 19.1. The van der Waals surface area contributed by atoms with Gasteiger partial charge in [0.25, 0.3) is 24.5 Å². The molecule has 31 heavy (non-hydrogen) atoms. The smallest absolute Gasteiger partial charge is 0.273 e. The molecule has 8 nitrogen and oxygen atoms in total. The third kappa shape index (κ3) is 5.10. The molecule has 2 aromatic carbocycles. The van der Waals surface area contributed by atoms with E-state index < -0.39 is 24.5 Å². The summed E-state index contributed by atoms with van der Waals surface area (Å²) < 4.78 is 38.5. The van der Waals surface area contributed by atoms with Crippen molar-refractivity contribution in [3.8, 4) is 23.3 Å². The van der Waals surface area contributed by atoms with Crippen LogP contribution in [0.5, 0.6) is 23.3 Å². The van der Waals surface area contributed by atoms with Crippen LogP contribution in [0.4, 0.5) is 8.78 Å². The van der Waals surface area contributed by atoms with Crippen molar-refractivity contribution in [3.05, 3.63) is 71.8 Å². The van der Waals surface area contributed by atoms with E-state index in [0.717, 1.165) is 11.9 Å². The Hall–Kier alpha value is -4.08. The van der Waals surface area contributed by atoms with Gasteiger partial charge in [-0.2, -0.15) is 14.4 Å². The standard InChI is InChI=1S/C21H18F2N4O4/c1-13-7-3-5-9-15(13)30-20-17(23)21(26-12-25-20)31-16-10-6-4-8-14(16)18(19(28)24-2)27-29-11-22/h3-10,12H,11H2,1-2H3,(H,24,28)/b27-18-. The Bertz CT molecular complexity index is 1110. The van der Waals surface area contributed by atoms with Crippen LogP contribution in [-0.4, -0.2) is 35.5 Å². The SMILES string of the molecule is CNC(=O)/C(=N\OCF)c1ccccc1Oc1ncnc(Oc2ccccc2C)c1F. The van der Waals surface area contributed by atoms with Crippen molar-refractivity contribution in [2.75, 3.05) is 13.9 Å². The summed E-state index contributed by atoms with van der Waals surface area (Å²) in [6, 6.07) is 13.2. The minimum atomic E-state index is -1.23. The zero-order valence-electron chi connectivity index (χ0n) is 16.6. The third-order valence-electron chi connectivity index (χ3n) is 4.02. The molecule has 160 valence electrons. The van der Waals surface area contributed by atoms with Crippen LogP contribution in [0.1, 0.15) is 11.1 Å². The predicted molar refractivity (Wildman–Crippen MR) is 107 cm³/mol. The van der Waals surface area contributed by atoms with Gasteiger partial charge < -0.3 is 19.6 Å². The van der Waals surface area contributed by atoms with Crippen LogP contribution in [0.3, 0.4) is 0 Å². The maximum absolute atomic E-state index is 15.0. The lowest BCUT2D eigenvalue weighted by atomic mass is 10.1. The fourth-order valence-electron chi connectivity index (χ4n) is 2.53. The Morgan fingerprint density at radius 3 is 2.29 bits per heavy atom. The first-order chi connectivity index (χ1) is 15.0. The molecule has 0 spiro atoms. The van der Waals surface area contributed by atoms with Gasteiger partial charge in [-0.1, -0.05) is 35.5 Å². The molecule has 0 bridgehead atoms. The molecule has 0 fully saturated rings. The lowest BCUT2D eigenvalue weighted by molar-refractivity contribution is -0.114. The number of para-hydroxylation sites is 2. The maximum Gasteiger partial charge on any atom is 0.273 e. The van der Waals surface area contributed by atoms with Crippen LogP contribution in [0.25, 0.3) is 0 Å². The minimum absolute atomic E-state index is 0.0340. The van der Waals surface area contributed by atoms with Crippen LogP contribution in [0, 0.1) is 12.7 Å². The highest BCUT2D eigenvalue weighted by Crippen LogP contribution is 2.32. The number of oxime groups is 1. The molecule has 1 aromatic heterocycles. The number of likely N-dealkylation sites (N-methyl/N-ethyl adjacent to an activating group) is 1. The van der Waals surface area contributed by atoms with Crippen molar-refractivity contribution in [3.63, 3.8) is 0 Å². The van der Waals surface area contributed by atoms with Crippen molar-refractivity contribution in [2.45, 2.75) is 6.92 Å². The number of carbonyl (C=O) groups excluding carboxylic acids is 1.